The van der Waals surface area contributed by atoms with Gasteiger partial charge >= 0.3 is 0 Å². The van der Waals surface area contributed by atoms with Gasteiger partial charge in [-0.15, -0.1) is 11.6 Å². The fraction of sp³-hybridized carbons (Fsp3) is 0.700. The molecule has 0 aliphatic heterocycles. The lowest BCUT2D eigenvalue weighted by molar-refractivity contribution is -0.124. The highest BCUT2D eigenvalue weighted by atomic mass is 35.5. The zero-order valence-corrected chi connectivity index (χ0v) is 8.52. The van der Waals surface area contributed by atoms with Gasteiger partial charge in [-0.2, -0.15) is 0 Å². The predicted octanol–water partition coefficient (Wildman–Crippen LogP) is 2.09. The Balaban J connectivity index is 2.13. The summed E-state index contributed by atoms with van der Waals surface area (Å²) in [5.41, 5.74) is 0. The van der Waals surface area contributed by atoms with E-state index in [0.717, 1.165) is 12.8 Å². The van der Waals surface area contributed by atoms with Gasteiger partial charge < -0.3 is 5.32 Å². The van der Waals surface area contributed by atoms with Gasteiger partial charge in [0.25, 0.3) is 0 Å². The molecule has 0 atom stereocenters. The third kappa shape index (κ3) is 3.81. The minimum Gasteiger partial charge on any atom is -0.352 e. The normalized spacial score (nSPS) is 18.2. The van der Waals surface area contributed by atoms with Gasteiger partial charge in [-0.3, -0.25) is 4.79 Å². The van der Waals surface area contributed by atoms with Crippen LogP contribution in [0, 0.1) is 5.92 Å². The maximum atomic E-state index is 11.4. The largest absolute Gasteiger partial charge is 0.352 e. The van der Waals surface area contributed by atoms with E-state index >= 15 is 0 Å². The molecule has 1 fully saturated rings. The summed E-state index contributed by atoms with van der Waals surface area (Å²) in [5, 5.41) is 2.88. The Kier molecular flexibility index (Phi) is 4.91. The SMILES string of the molecule is O=C(NC/C=C/CCl)C1CCCC1. The second kappa shape index (κ2) is 6.03. The highest BCUT2D eigenvalue weighted by molar-refractivity contribution is 6.18. The highest BCUT2D eigenvalue weighted by Crippen LogP contribution is 2.24. The van der Waals surface area contributed by atoms with E-state index < -0.39 is 0 Å². The molecule has 0 aromatic heterocycles. The maximum absolute atomic E-state index is 11.4. The van der Waals surface area contributed by atoms with Gasteiger partial charge in [0.05, 0.1) is 0 Å². The van der Waals surface area contributed by atoms with Crippen LogP contribution in [0.15, 0.2) is 12.2 Å². The molecule has 13 heavy (non-hydrogen) atoms. The van der Waals surface area contributed by atoms with Crippen LogP contribution >= 0.6 is 11.6 Å². The molecule has 1 aliphatic carbocycles. The van der Waals surface area contributed by atoms with Crippen molar-refractivity contribution in [2.45, 2.75) is 25.7 Å². The number of allylic oxidation sites excluding steroid dienone is 1. The Labute approximate surface area is 84.3 Å². The third-order valence-corrected chi connectivity index (χ3v) is 2.55. The molecule has 0 aromatic rings. The Morgan fingerprint density at radius 3 is 2.69 bits per heavy atom. The van der Waals surface area contributed by atoms with E-state index in [1.807, 2.05) is 12.2 Å². The zero-order chi connectivity index (χ0) is 9.52. The van der Waals surface area contributed by atoms with E-state index in [1.54, 1.807) is 0 Å². The van der Waals surface area contributed by atoms with Crippen molar-refractivity contribution >= 4 is 17.5 Å². The summed E-state index contributed by atoms with van der Waals surface area (Å²) in [5.74, 6) is 0.986. The van der Waals surface area contributed by atoms with Crippen LogP contribution in [0.25, 0.3) is 0 Å². The molecule has 1 rings (SSSR count). The topological polar surface area (TPSA) is 29.1 Å². The van der Waals surface area contributed by atoms with Crippen molar-refractivity contribution in [3.05, 3.63) is 12.2 Å². The standard InChI is InChI=1S/C10H16ClNO/c11-7-3-4-8-12-10(13)9-5-1-2-6-9/h3-4,9H,1-2,5-8H2,(H,12,13)/b4-3+. The molecular formula is C10H16ClNO. The minimum absolute atomic E-state index is 0.205. The van der Waals surface area contributed by atoms with Crippen LogP contribution < -0.4 is 5.32 Å². The van der Waals surface area contributed by atoms with Crippen LogP contribution in [0.5, 0.6) is 0 Å². The van der Waals surface area contributed by atoms with Crippen molar-refractivity contribution in [1.82, 2.24) is 5.32 Å². The van der Waals surface area contributed by atoms with Crippen LogP contribution in [-0.4, -0.2) is 18.3 Å². The van der Waals surface area contributed by atoms with Gasteiger partial charge in [-0.25, -0.2) is 0 Å². The molecule has 0 heterocycles. The van der Waals surface area contributed by atoms with Gasteiger partial charge in [0.2, 0.25) is 5.91 Å². The molecular weight excluding hydrogens is 186 g/mol. The first-order valence-corrected chi connectivity index (χ1v) is 5.36. The summed E-state index contributed by atoms with van der Waals surface area (Å²) in [4.78, 5) is 11.4. The number of halogens is 1. The zero-order valence-electron chi connectivity index (χ0n) is 7.76. The van der Waals surface area contributed by atoms with Crippen molar-refractivity contribution in [1.29, 1.82) is 0 Å². The lowest BCUT2D eigenvalue weighted by Gasteiger charge is -2.07. The summed E-state index contributed by atoms with van der Waals surface area (Å²) in [6.07, 6.45) is 8.26. The monoisotopic (exact) mass is 201 g/mol. The molecule has 1 N–H and O–H groups in total. The fourth-order valence-corrected chi connectivity index (χ4v) is 1.76. The average Bonchev–Trinajstić information content (AvgIpc) is 2.65. The van der Waals surface area contributed by atoms with Crippen LogP contribution in [0.2, 0.25) is 0 Å². The molecule has 0 unspecified atom stereocenters. The van der Waals surface area contributed by atoms with E-state index in [2.05, 4.69) is 5.32 Å². The second-order valence-electron chi connectivity index (χ2n) is 3.35. The number of alkyl halides is 1. The summed E-state index contributed by atoms with van der Waals surface area (Å²) in [6.45, 7) is 0.613. The van der Waals surface area contributed by atoms with Gasteiger partial charge in [-0.1, -0.05) is 25.0 Å². The quantitative estimate of drug-likeness (QED) is 0.548. The van der Waals surface area contributed by atoms with Gasteiger partial charge in [-0.05, 0) is 12.8 Å². The predicted molar refractivity (Wildman–Crippen MR) is 54.8 cm³/mol. The average molecular weight is 202 g/mol. The van der Waals surface area contributed by atoms with Crippen molar-refractivity contribution in [3.63, 3.8) is 0 Å². The summed E-state index contributed by atoms with van der Waals surface area (Å²) >= 11 is 5.44. The number of carbonyl (C=O) groups is 1. The molecule has 0 bridgehead atoms. The summed E-state index contributed by atoms with van der Waals surface area (Å²) in [6, 6.07) is 0. The van der Waals surface area contributed by atoms with Crippen molar-refractivity contribution in [2.24, 2.45) is 5.92 Å². The summed E-state index contributed by atoms with van der Waals surface area (Å²) < 4.78 is 0. The van der Waals surface area contributed by atoms with Crippen LogP contribution in [0.1, 0.15) is 25.7 Å². The second-order valence-corrected chi connectivity index (χ2v) is 3.66. The van der Waals surface area contributed by atoms with E-state index in [-0.39, 0.29) is 11.8 Å². The minimum atomic E-state index is 0.205. The van der Waals surface area contributed by atoms with Gasteiger partial charge in [0.1, 0.15) is 0 Å². The molecule has 1 aliphatic rings. The van der Waals surface area contributed by atoms with Crippen molar-refractivity contribution in [2.75, 3.05) is 12.4 Å². The Hall–Kier alpha value is -0.500. The summed E-state index contributed by atoms with van der Waals surface area (Å²) in [7, 11) is 0. The lowest BCUT2D eigenvalue weighted by Crippen LogP contribution is -2.29. The van der Waals surface area contributed by atoms with E-state index in [4.69, 9.17) is 11.6 Å². The van der Waals surface area contributed by atoms with Crippen LogP contribution in [0.4, 0.5) is 0 Å². The Morgan fingerprint density at radius 1 is 1.38 bits per heavy atom. The molecule has 1 amide bonds. The first kappa shape index (κ1) is 10.6. The molecule has 0 aromatic carbocycles. The maximum Gasteiger partial charge on any atom is 0.223 e. The van der Waals surface area contributed by atoms with Gasteiger partial charge in [0.15, 0.2) is 0 Å². The molecule has 2 nitrogen and oxygen atoms in total. The van der Waals surface area contributed by atoms with Crippen LogP contribution in [-0.2, 0) is 4.79 Å². The van der Waals surface area contributed by atoms with E-state index in [0.29, 0.717) is 12.4 Å². The fourth-order valence-electron chi connectivity index (χ4n) is 1.64. The smallest absolute Gasteiger partial charge is 0.223 e. The molecule has 0 saturated heterocycles. The Bertz CT molecular complexity index is 185. The van der Waals surface area contributed by atoms with E-state index in [9.17, 15) is 4.79 Å². The Morgan fingerprint density at radius 2 is 2.08 bits per heavy atom. The molecule has 1 saturated carbocycles. The number of amides is 1. The number of hydrogen-bond donors (Lipinski definition) is 1. The number of carbonyl (C=O) groups excluding carboxylic acids is 1. The first-order valence-electron chi connectivity index (χ1n) is 4.83. The van der Waals surface area contributed by atoms with Gasteiger partial charge in [0, 0.05) is 18.3 Å². The number of hydrogen-bond acceptors (Lipinski definition) is 1. The first-order chi connectivity index (χ1) is 6.34. The molecule has 74 valence electrons. The highest BCUT2D eigenvalue weighted by Gasteiger charge is 2.21. The number of rotatable bonds is 4. The lowest BCUT2D eigenvalue weighted by atomic mass is 10.1. The van der Waals surface area contributed by atoms with E-state index in [1.165, 1.54) is 12.8 Å². The molecule has 3 heteroatoms. The molecule has 0 radical (unpaired) electrons. The van der Waals surface area contributed by atoms with Crippen molar-refractivity contribution < 1.29 is 4.79 Å². The third-order valence-electron chi connectivity index (χ3n) is 2.38. The number of nitrogens with one attached hydrogen (secondary N) is 1. The van der Waals surface area contributed by atoms with Crippen LogP contribution in [0.3, 0.4) is 0 Å². The molecule has 0 spiro atoms. The van der Waals surface area contributed by atoms with Crippen molar-refractivity contribution in [3.8, 4) is 0 Å².